The third-order valence-electron chi connectivity index (χ3n) is 5.42. The Hall–Kier alpha value is -0.120. The van der Waals surface area contributed by atoms with Gasteiger partial charge in [0.1, 0.15) is 0 Å². The van der Waals surface area contributed by atoms with Crippen LogP contribution in [-0.4, -0.2) is 48.8 Å². The van der Waals surface area contributed by atoms with Crippen molar-refractivity contribution in [3.63, 3.8) is 0 Å². The fourth-order valence-corrected chi connectivity index (χ4v) is 3.86. The SMILES string of the molecule is CCC1(CC)CN(C2CCOC2C2CC2)CCN1. The molecule has 2 aliphatic heterocycles. The Balaban J connectivity index is 1.67. The summed E-state index contributed by atoms with van der Waals surface area (Å²) < 4.78 is 6.02. The maximum atomic E-state index is 6.02. The van der Waals surface area contributed by atoms with Crippen LogP contribution in [0.4, 0.5) is 0 Å². The molecule has 18 heavy (non-hydrogen) atoms. The largest absolute Gasteiger partial charge is 0.376 e. The number of piperazine rings is 1. The highest BCUT2D eigenvalue weighted by Crippen LogP contribution is 2.41. The summed E-state index contributed by atoms with van der Waals surface area (Å²) in [5.74, 6) is 0.880. The summed E-state index contributed by atoms with van der Waals surface area (Å²) in [6.45, 7) is 9.21. The Kier molecular flexibility index (Phi) is 3.65. The van der Waals surface area contributed by atoms with Crippen molar-refractivity contribution in [2.75, 3.05) is 26.2 Å². The van der Waals surface area contributed by atoms with Crippen molar-refractivity contribution in [1.82, 2.24) is 10.2 Å². The van der Waals surface area contributed by atoms with Gasteiger partial charge in [-0.1, -0.05) is 13.8 Å². The first-order chi connectivity index (χ1) is 8.78. The minimum absolute atomic E-state index is 0.356. The average molecular weight is 252 g/mol. The first kappa shape index (κ1) is 12.9. The van der Waals surface area contributed by atoms with Crippen LogP contribution >= 0.6 is 0 Å². The van der Waals surface area contributed by atoms with E-state index in [-0.39, 0.29) is 0 Å². The van der Waals surface area contributed by atoms with Crippen molar-refractivity contribution in [3.05, 3.63) is 0 Å². The zero-order valence-corrected chi connectivity index (χ0v) is 12.0. The molecule has 2 atom stereocenters. The molecule has 0 aromatic heterocycles. The predicted octanol–water partition coefficient (Wildman–Crippen LogP) is 2.02. The molecule has 1 saturated carbocycles. The minimum Gasteiger partial charge on any atom is -0.376 e. The Morgan fingerprint density at radius 3 is 2.67 bits per heavy atom. The second-order valence-electron chi connectivity index (χ2n) is 6.41. The van der Waals surface area contributed by atoms with Gasteiger partial charge in [-0.15, -0.1) is 0 Å². The van der Waals surface area contributed by atoms with Gasteiger partial charge in [-0.3, -0.25) is 4.90 Å². The van der Waals surface area contributed by atoms with E-state index in [1.165, 1.54) is 45.2 Å². The van der Waals surface area contributed by atoms with Crippen LogP contribution in [0.5, 0.6) is 0 Å². The normalized spacial score (nSPS) is 37.0. The molecule has 0 bridgehead atoms. The van der Waals surface area contributed by atoms with Gasteiger partial charge in [-0.25, -0.2) is 0 Å². The average Bonchev–Trinajstić information content (AvgIpc) is 3.16. The highest BCUT2D eigenvalue weighted by atomic mass is 16.5. The molecule has 3 rings (SSSR count). The first-order valence-electron chi connectivity index (χ1n) is 7.88. The summed E-state index contributed by atoms with van der Waals surface area (Å²) in [5, 5.41) is 3.76. The fraction of sp³-hybridized carbons (Fsp3) is 1.00. The third kappa shape index (κ3) is 2.33. The lowest BCUT2D eigenvalue weighted by atomic mass is 9.88. The van der Waals surface area contributed by atoms with E-state index in [4.69, 9.17) is 4.74 Å². The lowest BCUT2D eigenvalue weighted by Crippen LogP contribution is -2.62. The summed E-state index contributed by atoms with van der Waals surface area (Å²) in [4.78, 5) is 2.74. The predicted molar refractivity (Wildman–Crippen MR) is 73.8 cm³/mol. The van der Waals surface area contributed by atoms with Gasteiger partial charge in [-0.2, -0.15) is 0 Å². The summed E-state index contributed by atoms with van der Waals surface area (Å²) in [6.07, 6.45) is 7.09. The van der Waals surface area contributed by atoms with Crippen molar-refractivity contribution in [2.45, 2.75) is 63.6 Å². The van der Waals surface area contributed by atoms with Crippen molar-refractivity contribution in [3.8, 4) is 0 Å². The van der Waals surface area contributed by atoms with E-state index in [1.807, 2.05) is 0 Å². The molecule has 3 heteroatoms. The highest BCUT2D eigenvalue weighted by Gasteiger charge is 2.45. The van der Waals surface area contributed by atoms with Crippen LogP contribution in [-0.2, 0) is 4.74 Å². The maximum Gasteiger partial charge on any atom is 0.0759 e. The molecule has 2 unspecified atom stereocenters. The lowest BCUT2D eigenvalue weighted by Gasteiger charge is -2.46. The van der Waals surface area contributed by atoms with Crippen molar-refractivity contribution >= 4 is 0 Å². The van der Waals surface area contributed by atoms with Gasteiger partial charge in [0, 0.05) is 37.8 Å². The molecule has 1 aliphatic carbocycles. The van der Waals surface area contributed by atoms with Gasteiger partial charge in [0.25, 0.3) is 0 Å². The zero-order valence-electron chi connectivity index (χ0n) is 12.0. The molecule has 0 spiro atoms. The smallest absolute Gasteiger partial charge is 0.0759 e. The standard InChI is InChI=1S/C15H28N2O/c1-3-15(4-2)11-17(9-8-16-15)13-7-10-18-14(13)12-5-6-12/h12-14,16H,3-11H2,1-2H3. The van der Waals surface area contributed by atoms with Crippen LogP contribution in [0.25, 0.3) is 0 Å². The zero-order chi connectivity index (χ0) is 12.6. The Bertz CT molecular complexity index is 286. The second-order valence-corrected chi connectivity index (χ2v) is 6.41. The molecule has 2 saturated heterocycles. The van der Waals surface area contributed by atoms with Crippen LogP contribution in [0.15, 0.2) is 0 Å². The molecular formula is C15H28N2O. The molecule has 0 aromatic carbocycles. The van der Waals surface area contributed by atoms with Crippen LogP contribution in [0, 0.1) is 5.92 Å². The number of rotatable bonds is 4. The van der Waals surface area contributed by atoms with E-state index in [0.717, 1.165) is 19.1 Å². The molecular weight excluding hydrogens is 224 g/mol. The second kappa shape index (κ2) is 5.10. The van der Waals surface area contributed by atoms with Gasteiger partial charge in [-0.05, 0) is 38.0 Å². The molecule has 2 heterocycles. The van der Waals surface area contributed by atoms with Crippen LogP contribution in [0.1, 0.15) is 46.0 Å². The molecule has 0 amide bonds. The van der Waals surface area contributed by atoms with E-state index < -0.39 is 0 Å². The van der Waals surface area contributed by atoms with Crippen molar-refractivity contribution in [1.29, 1.82) is 0 Å². The van der Waals surface area contributed by atoms with Gasteiger partial charge in [0.15, 0.2) is 0 Å². The fourth-order valence-electron chi connectivity index (χ4n) is 3.86. The van der Waals surface area contributed by atoms with Crippen LogP contribution < -0.4 is 5.32 Å². The van der Waals surface area contributed by atoms with E-state index in [1.54, 1.807) is 0 Å². The van der Waals surface area contributed by atoms with E-state index in [0.29, 0.717) is 17.7 Å². The Morgan fingerprint density at radius 2 is 2.00 bits per heavy atom. The van der Waals surface area contributed by atoms with E-state index >= 15 is 0 Å². The molecule has 3 aliphatic rings. The van der Waals surface area contributed by atoms with E-state index in [2.05, 4.69) is 24.1 Å². The first-order valence-corrected chi connectivity index (χ1v) is 7.88. The van der Waals surface area contributed by atoms with Gasteiger partial charge >= 0.3 is 0 Å². The van der Waals surface area contributed by atoms with Crippen molar-refractivity contribution in [2.24, 2.45) is 5.92 Å². The Labute approximate surface area is 111 Å². The maximum absolute atomic E-state index is 6.02. The molecule has 104 valence electrons. The Morgan fingerprint density at radius 1 is 1.22 bits per heavy atom. The van der Waals surface area contributed by atoms with Crippen LogP contribution in [0.3, 0.4) is 0 Å². The van der Waals surface area contributed by atoms with E-state index in [9.17, 15) is 0 Å². The molecule has 3 fully saturated rings. The number of hydrogen-bond acceptors (Lipinski definition) is 3. The topological polar surface area (TPSA) is 24.5 Å². The quantitative estimate of drug-likeness (QED) is 0.828. The number of nitrogens with one attached hydrogen (secondary N) is 1. The molecule has 3 nitrogen and oxygen atoms in total. The monoisotopic (exact) mass is 252 g/mol. The minimum atomic E-state index is 0.356. The summed E-state index contributed by atoms with van der Waals surface area (Å²) in [7, 11) is 0. The lowest BCUT2D eigenvalue weighted by molar-refractivity contribution is 0.0195. The van der Waals surface area contributed by atoms with Gasteiger partial charge in [0.05, 0.1) is 6.10 Å². The number of ether oxygens (including phenoxy) is 1. The summed E-state index contributed by atoms with van der Waals surface area (Å²) in [5.41, 5.74) is 0.356. The van der Waals surface area contributed by atoms with Gasteiger partial charge in [0.2, 0.25) is 0 Å². The number of nitrogens with zero attached hydrogens (tertiary/aromatic N) is 1. The molecule has 0 radical (unpaired) electrons. The van der Waals surface area contributed by atoms with Gasteiger partial charge < -0.3 is 10.1 Å². The highest BCUT2D eigenvalue weighted by molar-refractivity contribution is 5.00. The molecule has 1 N–H and O–H groups in total. The summed E-state index contributed by atoms with van der Waals surface area (Å²) in [6, 6.07) is 0.706. The third-order valence-corrected chi connectivity index (χ3v) is 5.42. The van der Waals surface area contributed by atoms with Crippen LogP contribution in [0.2, 0.25) is 0 Å². The summed E-state index contributed by atoms with van der Waals surface area (Å²) >= 11 is 0. The molecule has 0 aromatic rings. The van der Waals surface area contributed by atoms with Crippen molar-refractivity contribution < 1.29 is 4.74 Å². The number of hydrogen-bond donors (Lipinski definition) is 1.